The first-order valence-electron chi connectivity index (χ1n) is 7.67. The van der Waals surface area contributed by atoms with Crippen LogP contribution in [0.4, 0.5) is 5.82 Å². The molecule has 0 saturated heterocycles. The largest absolute Gasteiger partial charge is 0.370 e. The number of rotatable bonds is 6. The Balaban J connectivity index is 1.91. The maximum absolute atomic E-state index is 12.2. The van der Waals surface area contributed by atoms with Crippen molar-refractivity contribution in [3.8, 4) is 0 Å². The Morgan fingerprint density at radius 2 is 2.05 bits per heavy atom. The summed E-state index contributed by atoms with van der Waals surface area (Å²) < 4.78 is 0. The molecule has 1 aromatic rings. The van der Waals surface area contributed by atoms with Crippen molar-refractivity contribution in [3.63, 3.8) is 0 Å². The molecule has 0 radical (unpaired) electrons. The summed E-state index contributed by atoms with van der Waals surface area (Å²) in [5, 5.41) is 6.21. The van der Waals surface area contributed by atoms with E-state index in [1.54, 1.807) is 6.20 Å². The summed E-state index contributed by atoms with van der Waals surface area (Å²) in [7, 11) is 0. The first-order chi connectivity index (χ1) is 9.69. The highest BCUT2D eigenvalue weighted by atomic mass is 16.1. The molecular weight excluding hydrogens is 250 g/mol. The molecule has 0 aromatic carbocycles. The first-order valence-corrected chi connectivity index (χ1v) is 7.67. The smallest absolute Gasteiger partial charge is 0.252 e. The standard InChI is InChI=1S/C16H25N3O/c1-3-16(9-5-6-10-16)12-19-15(20)13-7-8-14(17-4-2)18-11-13/h7-8,11H,3-6,9-10,12H2,1-2H3,(H,17,18)(H,19,20). The number of amides is 1. The Hall–Kier alpha value is -1.58. The van der Waals surface area contributed by atoms with E-state index in [1.807, 2.05) is 19.1 Å². The lowest BCUT2D eigenvalue weighted by Gasteiger charge is -2.27. The fourth-order valence-electron chi connectivity index (χ4n) is 2.96. The Morgan fingerprint density at radius 3 is 2.60 bits per heavy atom. The van der Waals surface area contributed by atoms with Crippen LogP contribution in [0.5, 0.6) is 0 Å². The van der Waals surface area contributed by atoms with Crippen molar-refractivity contribution < 1.29 is 4.79 Å². The van der Waals surface area contributed by atoms with Gasteiger partial charge in [-0.05, 0) is 43.7 Å². The molecule has 4 heteroatoms. The average molecular weight is 275 g/mol. The Morgan fingerprint density at radius 1 is 1.30 bits per heavy atom. The van der Waals surface area contributed by atoms with Gasteiger partial charge in [0.25, 0.3) is 5.91 Å². The van der Waals surface area contributed by atoms with Crippen LogP contribution in [0.15, 0.2) is 18.3 Å². The SMILES string of the molecule is CCNc1ccc(C(=O)NCC2(CC)CCCC2)cn1. The number of aromatic nitrogens is 1. The number of nitrogens with zero attached hydrogens (tertiary/aromatic N) is 1. The van der Waals surface area contributed by atoms with E-state index in [4.69, 9.17) is 0 Å². The van der Waals surface area contributed by atoms with Gasteiger partial charge in [-0.2, -0.15) is 0 Å². The van der Waals surface area contributed by atoms with E-state index < -0.39 is 0 Å². The number of anilines is 1. The minimum atomic E-state index is -0.0136. The lowest BCUT2D eigenvalue weighted by Crippen LogP contribution is -2.35. The van der Waals surface area contributed by atoms with Crippen LogP contribution in [-0.2, 0) is 0 Å². The van der Waals surface area contributed by atoms with Gasteiger partial charge in [0.1, 0.15) is 5.82 Å². The van der Waals surface area contributed by atoms with Gasteiger partial charge in [-0.25, -0.2) is 4.98 Å². The van der Waals surface area contributed by atoms with Crippen LogP contribution in [0.2, 0.25) is 0 Å². The zero-order chi connectivity index (χ0) is 14.4. The van der Waals surface area contributed by atoms with Crippen LogP contribution >= 0.6 is 0 Å². The third kappa shape index (κ3) is 3.50. The molecule has 0 unspecified atom stereocenters. The third-order valence-electron chi connectivity index (χ3n) is 4.42. The second-order valence-corrected chi connectivity index (χ2v) is 5.71. The second kappa shape index (κ2) is 6.73. The van der Waals surface area contributed by atoms with Crippen molar-refractivity contribution in [2.75, 3.05) is 18.4 Å². The summed E-state index contributed by atoms with van der Waals surface area (Å²) in [6.07, 6.45) is 7.85. The van der Waals surface area contributed by atoms with Crippen LogP contribution < -0.4 is 10.6 Å². The molecule has 0 aliphatic heterocycles. The summed E-state index contributed by atoms with van der Waals surface area (Å²) in [5.74, 6) is 0.796. The number of nitrogens with one attached hydrogen (secondary N) is 2. The second-order valence-electron chi connectivity index (χ2n) is 5.71. The predicted octanol–water partition coefficient (Wildman–Crippen LogP) is 3.21. The van der Waals surface area contributed by atoms with Gasteiger partial charge in [0, 0.05) is 19.3 Å². The molecule has 1 heterocycles. The van der Waals surface area contributed by atoms with Crippen molar-refractivity contribution in [2.24, 2.45) is 5.41 Å². The highest BCUT2D eigenvalue weighted by Crippen LogP contribution is 2.40. The third-order valence-corrected chi connectivity index (χ3v) is 4.42. The fourth-order valence-corrected chi connectivity index (χ4v) is 2.96. The maximum atomic E-state index is 12.2. The summed E-state index contributed by atoms with van der Waals surface area (Å²) in [4.78, 5) is 16.4. The van der Waals surface area contributed by atoms with Crippen LogP contribution in [0.3, 0.4) is 0 Å². The molecule has 0 atom stereocenters. The van der Waals surface area contributed by atoms with E-state index in [0.29, 0.717) is 11.0 Å². The van der Waals surface area contributed by atoms with Crippen LogP contribution in [-0.4, -0.2) is 24.0 Å². The maximum Gasteiger partial charge on any atom is 0.252 e. The average Bonchev–Trinajstić information content (AvgIpc) is 2.95. The first kappa shape index (κ1) is 14.8. The van der Waals surface area contributed by atoms with E-state index in [1.165, 1.54) is 25.7 Å². The lowest BCUT2D eigenvalue weighted by atomic mass is 9.83. The van der Waals surface area contributed by atoms with Crippen molar-refractivity contribution in [2.45, 2.75) is 46.0 Å². The molecule has 110 valence electrons. The van der Waals surface area contributed by atoms with Crippen LogP contribution in [0, 0.1) is 5.41 Å². The zero-order valence-electron chi connectivity index (χ0n) is 12.5. The van der Waals surface area contributed by atoms with Gasteiger partial charge in [0.2, 0.25) is 0 Å². The lowest BCUT2D eigenvalue weighted by molar-refractivity contribution is 0.0928. The van der Waals surface area contributed by atoms with Crippen molar-refractivity contribution in [3.05, 3.63) is 23.9 Å². The van der Waals surface area contributed by atoms with E-state index >= 15 is 0 Å². The van der Waals surface area contributed by atoms with E-state index in [9.17, 15) is 4.79 Å². The molecule has 1 aliphatic carbocycles. The van der Waals surface area contributed by atoms with Gasteiger partial charge in [0.15, 0.2) is 0 Å². The van der Waals surface area contributed by atoms with Gasteiger partial charge in [0.05, 0.1) is 5.56 Å². The molecule has 20 heavy (non-hydrogen) atoms. The summed E-state index contributed by atoms with van der Waals surface area (Å²) in [5.41, 5.74) is 0.961. The molecule has 1 amide bonds. The van der Waals surface area contributed by atoms with E-state index in [2.05, 4.69) is 22.5 Å². The molecule has 1 fully saturated rings. The van der Waals surface area contributed by atoms with E-state index in [-0.39, 0.29) is 5.91 Å². The highest BCUT2D eigenvalue weighted by molar-refractivity contribution is 5.94. The zero-order valence-corrected chi connectivity index (χ0v) is 12.5. The molecule has 1 aromatic heterocycles. The van der Waals surface area contributed by atoms with Crippen molar-refractivity contribution >= 4 is 11.7 Å². The molecule has 1 aliphatic rings. The highest BCUT2D eigenvalue weighted by Gasteiger charge is 2.32. The number of pyridine rings is 1. The van der Waals surface area contributed by atoms with Gasteiger partial charge in [-0.15, -0.1) is 0 Å². The molecule has 1 saturated carbocycles. The molecule has 2 rings (SSSR count). The van der Waals surface area contributed by atoms with Crippen LogP contribution in [0.1, 0.15) is 56.3 Å². The fraction of sp³-hybridized carbons (Fsp3) is 0.625. The molecule has 0 bridgehead atoms. The normalized spacial score (nSPS) is 16.9. The Labute approximate surface area is 121 Å². The van der Waals surface area contributed by atoms with E-state index in [0.717, 1.165) is 25.3 Å². The van der Waals surface area contributed by atoms with Gasteiger partial charge in [-0.1, -0.05) is 19.8 Å². The Bertz CT molecular complexity index is 436. The van der Waals surface area contributed by atoms with Crippen LogP contribution in [0.25, 0.3) is 0 Å². The monoisotopic (exact) mass is 275 g/mol. The molecule has 4 nitrogen and oxygen atoms in total. The predicted molar refractivity (Wildman–Crippen MR) is 81.9 cm³/mol. The molecule has 0 spiro atoms. The van der Waals surface area contributed by atoms with Gasteiger partial charge >= 0.3 is 0 Å². The van der Waals surface area contributed by atoms with Crippen molar-refractivity contribution in [1.29, 1.82) is 0 Å². The number of hydrogen-bond donors (Lipinski definition) is 2. The summed E-state index contributed by atoms with van der Waals surface area (Å²) in [6.45, 7) is 5.87. The Kier molecular flexibility index (Phi) is 4.99. The van der Waals surface area contributed by atoms with Gasteiger partial charge in [-0.3, -0.25) is 4.79 Å². The minimum absolute atomic E-state index is 0.0136. The van der Waals surface area contributed by atoms with Gasteiger partial charge < -0.3 is 10.6 Å². The van der Waals surface area contributed by atoms with Crippen molar-refractivity contribution in [1.82, 2.24) is 10.3 Å². The number of carbonyl (C=O) groups excluding carboxylic acids is 1. The quantitative estimate of drug-likeness (QED) is 0.838. The number of hydrogen-bond acceptors (Lipinski definition) is 3. The molecule has 2 N–H and O–H groups in total. The summed E-state index contributed by atoms with van der Waals surface area (Å²) >= 11 is 0. The molecular formula is C16H25N3O. The minimum Gasteiger partial charge on any atom is -0.370 e. The topological polar surface area (TPSA) is 54.0 Å². The number of carbonyl (C=O) groups is 1. The summed E-state index contributed by atoms with van der Waals surface area (Å²) in [6, 6.07) is 3.68.